The number of nitrogens with zero attached hydrogens (tertiary/aromatic N) is 4. The van der Waals surface area contributed by atoms with E-state index in [0.29, 0.717) is 80.5 Å². The van der Waals surface area contributed by atoms with E-state index in [1.165, 1.54) is 0 Å². The van der Waals surface area contributed by atoms with Gasteiger partial charge in [0.15, 0.2) is 14.2 Å². The van der Waals surface area contributed by atoms with E-state index in [9.17, 15) is 9.67 Å². The Balaban J connectivity index is 1.78. The molecule has 14 heteroatoms. The molecule has 0 amide bonds. The zero-order valence-corrected chi connectivity index (χ0v) is 23.1. The van der Waals surface area contributed by atoms with Gasteiger partial charge in [-0.15, -0.1) is 19.7 Å². The summed E-state index contributed by atoms with van der Waals surface area (Å²) in [7, 11) is -0.118. The van der Waals surface area contributed by atoms with Gasteiger partial charge in [-0.3, -0.25) is 4.57 Å². The van der Waals surface area contributed by atoms with Crippen molar-refractivity contribution in [2.24, 2.45) is 20.5 Å². The van der Waals surface area contributed by atoms with Crippen LogP contribution in [-0.2, 0) is 13.9 Å². The topological polar surface area (TPSA) is 170 Å². The number of rotatable bonds is 12. The summed E-state index contributed by atoms with van der Waals surface area (Å²) in [5, 5.41) is 42.2. The Morgan fingerprint density at radius 2 is 1.60 bits per heavy atom. The molecule has 40 heavy (non-hydrogen) atoms. The van der Waals surface area contributed by atoms with Crippen molar-refractivity contribution in [1.29, 1.82) is 0 Å². The second-order valence-corrected chi connectivity index (χ2v) is 9.38. The van der Waals surface area contributed by atoms with Gasteiger partial charge in [0.05, 0.1) is 35.8 Å². The molecule has 206 valence electrons. The molecule has 0 saturated carbocycles. The molecular weight excluding hydrogens is 557 g/mol. The van der Waals surface area contributed by atoms with E-state index in [-0.39, 0.29) is 19.9 Å². The Bertz CT molecular complexity index is 1590. The molecule has 0 heterocycles. The van der Waals surface area contributed by atoms with Crippen molar-refractivity contribution in [2.45, 2.75) is 18.7 Å². The maximum atomic E-state index is 11.2. The van der Waals surface area contributed by atoms with Gasteiger partial charge >= 0.3 is 0 Å². The molecule has 0 saturated heterocycles. The largest absolute Gasteiger partial charge is 0.505 e. The molecule has 0 aliphatic rings. The molecule has 4 rings (SSSR count). The summed E-state index contributed by atoms with van der Waals surface area (Å²) < 4.78 is 27.3. The predicted octanol–water partition coefficient (Wildman–Crippen LogP) is 8.10. The van der Waals surface area contributed by atoms with Crippen LogP contribution in [0.25, 0.3) is 10.8 Å². The Hall–Kier alpha value is -4.13. The molecule has 12 nitrogen and oxygen atoms in total. The quantitative estimate of drug-likeness (QED) is 0.0373. The average molecular weight is 582 g/mol. The second kappa shape index (κ2) is 13.8. The van der Waals surface area contributed by atoms with Crippen molar-refractivity contribution in [3.05, 3.63) is 60.7 Å². The highest BCUT2D eigenvalue weighted by Crippen LogP contribution is 2.46. The zero-order chi connectivity index (χ0) is 28.5. The molecule has 0 aromatic heterocycles. The first-order chi connectivity index (χ1) is 19.5. The monoisotopic (exact) mass is 581 g/mol. The molecule has 4 aromatic carbocycles. The molecule has 0 bridgehead atoms. The third-order valence-electron chi connectivity index (χ3n) is 5.34. The van der Waals surface area contributed by atoms with Gasteiger partial charge in [-0.25, -0.2) is 5.26 Å². The Morgan fingerprint density at radius 1 is 0.900 bits per heavy atom. The number of phenolic OH excluding ortho intramolecular Hbond substituents is 1. The first-order valence-electron chi connectivity index (χ1n) is 11.9. The molecule has 0 aliphatic carbocycles. The van der Waals surface area contributed by atoms with Gasteiger partial charge in [0, 0.05) is 28.5 Å². The lowest BCUT2D eigenvalue weighted by atomic mass is 10.1. The SMILES string of the molecule is CCOc1cc(N=Nc2c(SOOO)cc3ccc(N)cc3c2O)c(OCC)cc1N=Nc1cccc(P=O)c1. The van der Waals surface area contributed by atoms with Crippen LogP contribution in [0, 0.1) is 0 Å². The molecule has 0 spiro atoms. The van der Waals surface area contributed by atoms with Crippen molar-refractivity contribution in [1.82, 2.24) is 0 Å². The first-order valence-corrected chi connectivity index (χ1v) is 13.4. The van der Waals surface area contributed by atoms with Crippen LogP contribution < -0.4 is 20.5 Å². The number of nitrogens with two attached hydrogens (primary N) is 1. The van der Waals surface area contributed by atoms with E-state index in [4.69, 9.17) is 20.5 Å². The number of benzene rings is 4. The summed E-state index contributed by atoms with van der Waals surface area (Å²) >= 11 is 0.630. The van der Waals surface area contributed by atoms with E-state index < -0.39 is 0 Å². The standard InChI is InChI=1S/C26H24N5O7PS/c1-3-35-22-14-21(23(36-4-2)13-20(22)29-28-17-6-5-7-18(12-17)39-34)30-31-25-24(40-38-37-33)10-15-8-9-16(27)11-19(15)26(25)32/h5-14,32-33H,3-4,27H2,1-2H3. The van der Waals surface area contributed by atoms with Crippen molar-refractivity contribution in [3.8, 4) is 17.2 Å². The van der Waals surface area contributed by atoms with Gasteiger partial charge in [-0.2, -0.15) is 5.11 Å². The summed E-state index contributed by atoms with van der Waals surface area (Å²) in [6, 6.07) is 16.7. The van der Waals surface area contributed by atoms with Crippen molar-refractivity contribution in [3.63, 3.8) is 0 Å². The van der Waals surface area contributed by atoms with E-state index in [1.807, 2.05) is 13.8 Å². The van der Waals surface area contributed by atoms with Crippen LogP contribution in [0.3, 0.4) is 0 Å². The molecule has 4 N–H and O–H groups in total. The zero-order valence-electron chi connectivity index (χ0n) is 21.3. The van der Waals surface area contributed by atoms with Gasteiger partial charge in [0.2, 0.25) is 0 Å². The van der Waals surface area contributed by atoms with Crippen LogP contribution in [0.5, 0.6) is 17.2 Å². The number of phenols is 1. The van der Waals surface area contributed by atoms with Gasteiger partial charge in [-0.1, -0.05) is 17.2 Å². The summed E-state index contributed by atoms with van der Waals surface area (Å²) in [5.74, 6) is 0.499. The van der Waals surface area contributed by atoms with Crippen LogP contribution in [0.4, 0.5) is 28.4 Å². The normalized spacial score (nSPS) is 11.7. The average Bonchev–Trinajstić information content (AvgIpc) is 2.96. The number of hydrogen-bond acceptors (Lipinski definition) is 13. The van der Waals surface area contributed by atoms with Gasteiger partial charge in [0.1, 0.15) is 28.6 Å². The lowest BCUT2D eigenvalue weighted by molar-refractivity contribution is -0.432. The minimum atomic E-state index is -0.203. The smallest absolute Gasteiger partial charge is 0.192 e. The highest BCUT2D eigenvalue weighted by Gasteiger charge is 2.17. The molecule has 0 radical (unpaired) electrons. The summed E-state index contributed by atoms with van der Waals surface area (Å²) in [6.45, 7) is 4.29. The predicted molar refractivity (Wildman–Crippen MR) is 151 cm³/mol. The first kappa shape index (κ1) is 28.9. The van der Waals surface area contributed by atoms with E-state index in [0.717, 1.165) is 0 Å². The van der Waals surface area contributed by atoms with E-state index in [2.05, 4.69) is 29.8 Å². The molecule has 0 atom stereocenters. The minimum Gasteiger partial charge on any atom is -0.505 e. The van der Waals surface area contributed by atoms with E-state index in [1.54, 1.807) is 60.7 Å². The number of azo groups is 2. The Kier molecular flexibility index (Phi) is 9.95. The van der Waals surface area contributed by atoms with Crippen LogP contribution >= 0.6 is 20.5 Å². The minimum absolute atomic E-state index is 0.0434. The molecule has 0 fully saturated rings. The number of nitrogen functional groups attached to an aromatic ring is 1. The highest BCUT2D eigenvalue weighted by atomic mass is 32.2. The molecule has 0 aliphatic heterocycles. The van der Waals surface area contributed by atoms with Crippen molar-refractivity contribution >= 4 is 65.0 Å². The molecule has 4 aromatic rings. The maximum Gasteiger partial charge on any atom is 0.192 e. The number of fused-ring (bicyclic) bond motifs is 1. The van der Waals surface area contributed by atoms with Crippen molar-refractivity contribution < 1.29 is 33.8 Å². The number of aromatic hydroxyl groups is 1. The van der Waals surface area contributed by atoms with Crippen LogP contribution in [0.15, 0.2) is 86.0 Å². The Labute approximate surface area is 234 Å². The molecular formula is C26H24N5O7PS. The van der Waals surface area contributed by atoms with Crippen molar-refractivity contribution in [2.75, 3.05) is 18.9 Å². The van der Waals surface area contributed by atoms with Gasteiger partial charge < -0.3 is 20.3 Å². The fourth-order valence-corrected chi connectivity index (χ4v) is 4.46. The van der Waals surface area contributed by atoms with E-state index >= 15 is 0 Å². The second-order valence-electron chi connectivity index (χ2n) is 7.94. The van der Waals surface area contributed by atoms with Crippen LogP contribution in [-0.4, -0.2) is 23.6 Å². The fourth-order valence-electron chi connectivity index (χ4n) is 3.64. The number of anilines is 1. The Morgan fingerprint density at radius 3 is 2.25 bits per heavy atom. The fraction of sp³-hybridized carbons (Fsp3) is 0.154. The summed E-state index contributed by atoms with van der Waals surface area (Å²) in [5.41, 5.74) is 7.58. The third kappa shape index (κ3) is 6.89. The van der Waals surface area contributed by atoms with Gasteiger partial charge in [0.25, 0.3) is 0 Å². The van der Waals surface area contributed by atoms with Crippen LogP contribution in [0.1, 0.15) is 13.8 Å². The van der Waals surface area contributed by atoms with Crippen LogP contribution in [0.2, 0.25) is 0 Å². The number of ether oxygens (including phenoxy) is 2. The summed E-state index contributed by atoms with van der Waals surface area (Å²) in [4.78, 5) is 0.306. The number of hydrogen-bond donors (Lipinski definition) is 3. The summed E-state index contributed by atoms with van der Waals surface area (Å²) in [6.07, 6.45) is 0. The highest BCUT2D eigenvalue weighted by molar-refractivity contribution is 7.94. The lowest BCUT2D eigenvalue weighted by Crippen LogP contribution is -1.95. The third-order valence-corrected chi connectivity index (χ3v) is 6.45. The lowest BCUT2D eigenvalue weighted by Gasteiger charge is -2.12. The maximum absolute atomic E-state index is 11.2. The van der Waals surface area contributed by atoms with Gasteiger partial charge in [-0.05, 0) is 55.6 Å². The molecule has 0 unspecified atom stereocenters.